The van der Waals surface area contributed by atoms with Crippen LogP contribution in [0.2, 0.25) is 5.02 Å². The van der Waals surface area contributed by atoms with Crippen LogP contribution >= 0.6 is 59.4 Å². The molecule has 9 heteroatoms. The van der Waals surface area contributed by atoms with E-state index < -0.39 is 5.91 Å². The molecule has 2 N–H and O–H groups in total. The average molecular weight is 551 g/mol. The predicted octanol–water partition coefficient (Wildman–Crippen LogP) is 5.84. The fourth-order valence-electron chi connectivity index (χ4n) is 2.09. The van der Waals surface area contributed by atoms with Gasteiger partial charge < -0.3 is 9.52 Å². The van der Waals surface area contributed by atoms with Crippen LogP contribution in [0.25, 0.3) is 11.0 Å². The first-order valence-electron chi connectivity index (χ1n) is 6.75. The highest BCUT2D eigenvalue weighted by Crippen LogP contribution is 2.31. The molecule has 0 spiro atoms. The number of aromatic hydroxyl groups is 1. The number of amides is 1. The Labute approximate surface area is 172 Å². The fourth-order valence-corrected chi connectivity index (χ4v) is 4.26. The number of hydrogen-bond donors (Lipinski definition) is 2. The van der Waals surface area contributed by atoms with E-state index in [4.69, 9.17) is 16.0 Å². The van der Waals surface area contributed by atoms with Gasteiger partial charge in [-0.05, 0) is 46.3 Å². The molecule has 0 aliphatic heterocycles. The van der Waals surface area contributed by atoms with Gasteiger partial charge in [0.1, 0.15) is 11.3 Å². The van der Waals surface area contributed by atoms with Crippen LogP contribution in [0.5, 0.6) is 5.75 Å². The van der Waals surface area contributed by atoms with E-state index in [0.29, 0.717) is 15.6 Å². The Morgan fingerprint density at radius 2 is 1.88 bits per heavy atom. The molecule has 128 valence electrons. The highest BCUT2D eigenvalue weighted by atomic mass is 79.9. The topological polar surface area (TPSA) is 74.8 Å². The summed E-state index contributed by atoms with van der Waals surface area (Å²) in [6.07, 6.45) is 1.29. The number of furan rings is 1. The first kappa shape index (κ1) is 18.4. The van der Waals surface area contributed by atoms with Gasteiger partial charge in [0.2, 0.25) is 0 Å². The van der Waals surface area contributed by atoms with E-state index in [1.165, 1.54) is 6.21 Å². The molecule has 2 aromatic carbocycles. The first-order chi connectivity index (χ1) is 11.8. The molecule has 0 aliphatic carbocycles. The Morgan fingerprint density at radius 1 is 1.16 bits per heavy atom. The minimum atomic E-state index is -0.518. The molecule has 0 radical (unpaired) electrons. The summed E-state index contributed by atoms with van der Waals surface area (Å²) in [6, 6.07) is 8.45. The van der Waals surface area contributed by atoms with E-state index in [1.807, 2.05) is 12.1 Å². The molecule has 0 saturated heterocycles. The number of benzene rings is 2. The maximum atomic E-state index is 12.2. The first-order valence-corrected chi connectivity index (χ1v) is 9.51. The van der Waals surface area contributed by atoms with Gasteiger partial charge in [0.25, 0.3) is 0 Å². The second-order valence-electron chi connectivity index (χ2n) is 4.94. The second kappa shape index (κ2) is 7.49. The number of halogens is 4. The molecule has 5 nitrogen and oxygen atoms in total. The van der Waals surface area contributed by atoms with Crippen LogP contribution in [0.15, 0.2) is 53.3 Å². The molecule has 0 unspecified atom stereocenters. The third-order valence-electron chi connectivity index (χ3n) is 3.19. The van der Waals surface area contributed by atoms with Crippen molar-refractivity contribution in [2.45, 2.75) is 0 Å². The van der Waals surface area contributed by atoms with Crippen molar-refractivity contribution in [3.8, 4) is 5.75 Å². The van der Waals surface area contributed by atoms with Crippen LogP contribution in [-0.2, 0) is 0 Å². The zero-order chi connectivity index (χ0) is 18.1. The van der Waals surface area contributed by atoms with Crippen LogP contribution in [-0.4, -0.2) is 17.2 Å². The van der Waals surface area contributed by atoms with Crippen LogP contribution in [0.3, 0.4) is 0 Å². The molecule has 3 aromatic rings. The fraction of sp³-hybridized carbons (Fsp3) is 0. The van der Waals surface area contributed by atoms with Gasteiger partial charge in [-0.15, -0.1) is 0 Å². The summed E-state index contributed by atoms with van der Waals surface area (Å²) in [5, 5.41) is 14.6. The molecule has 0 saturated carbocycles. The summed E-state index contributed by atoms with van der Waals surface area (Å²) in [4.78, 5) is 12.2. The van der Waals surface area contributed by atoms with E-state index in [-0.39, 0.29) is 16.5 Å². The number of phenols is 1. The lowest BCUT2D eigenvalue weighted by Crippen LogP contribution is -2.16. The van der Waals surface area contributed by atoms with E-state index >= 15 is 0 Å². The summed E-state index contributed by atoms with van der Waals surface area (Å²) >= 11 is 15.9. The van der Waals surface area contributed by atoms with Crippen molar-refractivity contribution in [2.24, 2.45) is 5.10 Å². The monoisotopic (exact) mass is 548 g/mol. The van der Waals surface area contributed by atoms with Crippen molar-refractivity contribution in [3.05, 3.63) is 60.1 Å². The zero-order valence-corrected chi connectivity index (χ0v) is 17.7. The highest BCUT2D eigenvalue weighted by molar-refractivity contribution is 9.11. The van der Waals surface area contributed by atoms with Crippen molar-refractivity contribution in [1.82, 2.24) is 5.43 Å². The molecule has 1 heterocycles. The lowest BCUT2D eigenvalue weighted by atomic mass is 10.2. The summed E-state index contributed by atoms with van der Waals surface area (Å²) in [7, 11) is 0. The van der Waals surface area contributed by atoms with E-state index in [1.54, 1.807) is 18.2 Å². The van der Waals surface area contributed by atoms with Crippen LogP contribution in [0.4, 0.5) is 0 Å². The minimum absolute atomic E-state index is 0.113. The predicted molar refractivity (Wildman–Crippen MR) is 107 cm³/mol. The zero-order valence-electron chi connectivity index (χ0n) is 12.2. The number of hydrazone groups is 1. The standard InChI is InChI=1S/C16H8Br3ClN2O3/c17-9-1-7-3-13(25-15(7)11(19)4-9)16(24)22-21-6-8-2-10(18)5-12(20)14(8)23/h1-6,23H,(H,22,24)/b21-6+. The van der Waals surface area contributed by atoms with Gasteiger partial charge >= 0.3 is 5.91 Å². The summed E-state index contributed by atoms with van der Waals surface area (Å²) in [5.41, 5.74) is 3.27. The van der Waals surface area contributed by atoms with Gasteiger partial charge in [-0.25, -0.2) is 5.43 Å². The summed E-state index contributed by atoms with van der Waals surface area (Å²) in [6.45, 7) is 0. The molecule has 25 heavy (non-hydrogen) atoms. The maximum absolute atomic E-state index is 12.2. The maximum Gasteiger partial charge on any atom is 0.307 e. The third-order valence-corrected chi connectivity index (χ3v) is 4.98. The molecule has 1 aromatic heterocycles. The van der Waals surface area contributed by atoms with Crippen LogP contribution in [0.1, 0.15) is 16.1 Å². The van der Waals surface area contributed by atoms with E-state index in [9.17, 15) is 9.90 Å². The number of rotatable bonds is 3. The molecular weight excluding hydrogens is 543 g/mol. The Kier molecular flexibility index (Phi) is 5.52. The summed E-state index contributed by atoms with van der Waals surface area (Å²) in [5.74, 6) is -0.529. The largest absolute Gasteiger partial charge is 0.506 e. The molecular formula is C16H8Br3ClN2O3. The van der Waals surface area contributed by atoms with E-state index in [0.717, 1.165) is 14.3 Å². The third kappa shape index (κ3) is 4.08. The molecule has 0 fully saturated rings. The van der Waals surface area contributed by atoms with Gasteiger partial charge in [-0.2, -0.15) is 5.10 Å². The highest BCUT2D eigenvalue weighted by Gasteiger charge is 2.14. The van der Waals surface area contributed by atoms with Crippen molar-refractivity contribution >= 4 is 82.5 Å². The number of phenolic OH excluding ortho intramolecular Hbond substituents is 1. The van der Waals surface area contributed by atoms with Crippen LogP contribution < -0.4 is 5.43 Å². The quantitative estimate of drug-likeness (QED) is 0.317. The van der Waals surface area contributed by atoms with Crippen molar-refractivity contribution in [2.75, 3.05) is 0 Å². The number of carbonyl (C=O) groups excluding carboxylic acids is 1. The molecule has 3 rings (SSSR count). The Hall–Kier alpha value is -1.35. The Morgan fingerprint density at radius 3 is 2.64 bits per heavy atom. The molecule has 0 atom stereocenters. The van der Waals surface area contributed by atoms with Crippen molar-refractivity contribution in [1.29, 1.82) is 0 Å². The van der Waals surface area contributed by atoms with E-state index in [2.05, 4.69) is 58.3 Å². The lowest BCUT2D eigenvalue weighted by molar-refractivity contribution is 0.0929. The van der Waals surface area contributed by atoms with Gasteiger partial charge in [-0.1, -0.05) is 43.5 Å². The number of fused-ring (bicyclic) bond motifs is 1. The van der Waals surface area contributed by atoms with Crippen LogP contribution in [0, 0.1) is 0 Å². The lowest BCUT2D eigenvalue weighted by Gasteiger charge is -2.02. The normalized spacial score (nSPS) is 11.4. The van der Waals surface area contributed by atoms with Gasteiger partial charge in [0, 0.05) is 19.9 Å². The SMILES string of the molecule is O=C(N/N=C/c1cc(Br)cc(Cl)c1O)c1cc2cc(Br)cc(Br)c2o1. The van der Waals surface area contributed by atoms with Gasteiger partial charge in [0.15, 0.2) is 5.76 Å². The minimum Gasteiger partial charge on any atom is -0.506 e. The summed E-state index contributed by atoms with van der Waals surface area (Å²) < 4.78 is 7.82. The van der Waals surface area contributed by atoms with Crippen molar-refractivity contribution in [3.63, 3.8) is 0 Å². The smallest absolute Gasteiger partial charge is 0.307 e. The molecule has 0 bridgehead atoms. The number of carbonyl (C=O) groups is 1. The Bertz CT molecular complexity index is 1020. The second-order valence-corrected chi connectivity index (χ2v) is 8.03. The average Bonchev–Trinajstić information content (AvgIpc) is 2.96. The molecule has 0 aliphatic rings. The number of hydrogen-bond acceptors (Lipinski definition) is 4. The van der Waals surface area contributed by atoms with Gasteiger partial charge in [-0.3, -0.25) is 4.79 Å². The van der Waals surface area contributed by atoms with Gasteiger partial charge in [0.05, 0.1) is 15.7 Å². The molecule has 1 amide bonds. The Balaban J connectivity index is 1.80. The number of nitrogens with one attached hydrogen (secondary N) is 1. The number of nitrogens with zero attached hydrogens (tertiary/aromatic N) is 1. The van der Waals surface area contributed by atoms with Crippen molar-refractivity contribution < 1.29 is 14.3 Å².